The van der Waals surface area contributed by atoms with Gasteiger partial charge in [-0.1, -0.05) is 6.07 Å². The molecule has 0 radical (unpaired) electrons. The smallest absolute Gasteiger partial charge is 0.407 e. The SMILES string of the molecule is CC(C)(C)OC(=O)NCC(N)c1ccc(F)c(C#N)c1. The Labute approximate surface area is 117 Å². The standard InChI is InChI=1S/C14H18FN3O2/c1-14(2,3)20-13(19)18-8-12(17)9-4-5-11(15)10(6-9)7-16/h4-6,12H,8,17H2,1-3H3,(H,18,19). The number of rotatable bonds is 3. The molecule has 6 heteroatoms. The molecule has 1 aromatic carbocycles. The first kappa shape index (κ1) is 15.9. The number of nitrogens with two attached hydrogens (primary N) is 1. The maximum Gasteiger partial charge on any atom is 0.407 e. The van der Waals surface area contributed by atoms with Gasteiger partial charge in [-0.2, -0.15) is 5.26 Å². The summed E-state index contributed by atoms with van der Waals surface area (Å²) in [5.41, 5.74) is 5.79. The van der Waals surface area contributed by atoms with Gasteiger partial charge in [-0.15, -0.1) is 0 Å². The van der Waals surface area contributed by atoms with Gasteiger partial charge in [0.2, 0.25) is 0 Å². The molecule has 1 unspecified atom stereocenters. The third-order valence-corrected chi connectivity index (χ3v) is 2.40. The maximum atomic E-state index is 13.2. The molecule has 108 valence electrons. The first-order chi connectivity index (χ1) is 9.23. The largest absolute Gasteiger partial charge is 0.444 e. The number of nitrogens with zero attached hydrogens (tertiary/aromatic N) is 1. The van der Waals surface area contributed by atoms with Gasteiger partial charge >= 0.3 is 6.09 Å². The minimum absolute atomic E-state index is 0.0739. The summed E-state index contributed by atoms with van der Waals surface area (Å²) < 4.78 is 18.3. The number of nitrogens with one attached hydrogen (secondary N) is 1. The normalized spacial score (nSPS) is 12.4. The van der Waals surface area contributed by atoms with Crippen LogP contribution in [0.1, 0.15) is 37.9 Å². The van der Waals surface area contributed by atoms with Crippen LogP contribution < -0.4 is 11.1 Å². The number of hydrogen-bond donors (Lipinski definition) is 2. The topological polar surface area (TPSA) is 88.1 Å². The van der Waals surface area contributed by atoms with Crippen molar-refractivity contribution in [1.29, 1.82) is 5.26 Å². The van der Waals surface area contributed by atoms with Crippen LogP contribution in [0, 0.1) is 17.1 Å². The predicted octanol–water partition coefficient (Wildman–Crippen LogP) is 2.22. The van der Waals surface area contributed by atoms with Crippen molar-refractivity contribution in [2.45, 2.75) is 32.4 Å². The zero-order chi connectivity index (χ0) is 15.3. The molecule has 0 spiro atoms. The Balaban J connectivity index is 2.62. The lowest BCUT2D eigenvalue weighted by Gasteiger charge is -2.21. The number of hydrogen-bond acceptors (Lipinski definition) is 4. The van der Waals surface area contributed by atoms with E-state index in [2.05, 4.69) is 5.32 Å². The lowest BCUT2D eigenvalue weighted by Crippen LogP contribution is -2.36. The van der Waals surface area contributed by atoms with Gasteiger partial charge in [-0.3, -0.25) is 0 Å². The number of ether oxygens (including phenoxy) is 1. The summed E-state index contributed by atoms with van der Waals surface area (Å²) in [6, 6.07) is 5.24. The summed E-state index contributed by atoms with van der Waals surface area (Å²) in [6.45, 7) is 5.40. The van der Waals surface area contributed by atoms with Crippen molar-refractivity contribution in [3.05, 3.63) is 35.1 Å². The molecule has 1 amide bonds. The Kier molecular flexibility index (Phi) is 5.06. The van der Waals surface area contributed by atoms with Crippen molar-refractivity contribution < 1.29 is 13.9 Å². The van der Waals surface area contributed by atoms with Gasteiger partial charge in [0.1, 0.15) is 17.5 Å². The van der Waals surface area contributed by atoms with Crippen molar-refractivity contribution in [2.75, 3.05) is 6.54 Å². The number of amides is 1. The van der Waals surface area contributed by atoms with E-state index in [0.29, 0.717) is 5.56 Å². The summed E-state index contributed by atoms with van der Waals surface area (Å²) in [4.78, 5) is 11.5. The summed E-state index contributed by atoms with van der Waals surface area (Å²) in [5.74, 6) is -0.594. The van der Waals surface area contributed by atoms with Crippen LogP contribution in [-0.2, 0) is 4.74 Å². The molecule has 1 aromatic rings. The highest BCUT2D eigenvalue weighted by molar-refractivity contribution is 5.67. The van der Waals surface area contributed by atoms with Crippen molar-refractivity contribution >= 4 is 6.09 Å². The van der Waals surface area contributed by atoms with Crippen LogP contribution >= 0.6 is 0 Å². The number of benzene rings is 1. The van der Waals surface area contributed by atoms with E-state index in [1.807, 2.05) is 0 Å². The van der Waals surface area contributed by atoms with Crippen LogP contribution in [-0.4, -0.2) is 18.2 Å². The minimum Gasteiger partial charge on any atom is -0.444 e. The summed E-state index contributed by atoms with van der Waals surface area (Å²) in [6.07, 6.45) is -0.574. The molecule has 0 aromatic heterocycles. The average molecular weight is 279 g/mol. The average Bonchev–Trinajstić information content (AvgIpc) is 2.34. The fraction of sp³-hybridized carbons (Fsp3) is 0.429. The molecule has 0 saturated carbocycles. The molecule has 3 N–H and O–H groups in total. The zero-order valence-corrected chi connectivity index (χ0v) is 11.7. The second-order valence-electron chi connectivity index (χ2n) is 5.34. The molecule has 0 heterocycles. The molecule has 1 atom stereocenters. The van der Waals surface area contributed by atoms with Crippen LogP contribution in [0.2, 0.25) is 0 Å². The van der Waals surface area contributed by atoms with E-state index < -0.39 is 23.6 Å². The van der Waals surface area contributed by atoms with E-state index in [1.54, 1.807) is 26.8 Å². The molecule has 0 aliphatic carbocycles. The Hall–Kier alpha value is -2.13. The minimum atomic E-state index is -0.594. The quantitative estimate of drug-likeness (QED) is 0.888. The van der Waals surface area contributed by atoms with Crippen LogP contribution in [0.15, 0.2) is 18.2 Å². The number of alkyl carbamates (subject to hydrolysis) is 1. The van der Waals surface area contributed by atoms with Crippen LogP contribution in [0.3, 0.4) is 0 Å². The second-order valence-corrected chi connectivity index (χ2v) is 5.34. The molecular weight excluding hydrogens is 261 g/mol. The summed E-state index contributed by atoms with van der Waals surface area (Å²) >= 11 is 0. The van der Waals surface area contributed by atoms with Crippen molar-refractivity contribution in [1.82, 2.24) is 5.32 Å². The lowest BCUT2D eigenvalue weighted by molar-refractivity contribution is 0.0524. The van der Waals surface area contributed by atoms with E-state index in [0.717, 1.165) is 0 Å². The molecule has 0 aliphatic heterocycles. The predicted molar refractivity (Wildman–Crippen MR) is 72.3 cm³/mol. The Bertz CT molecular complexity index is 532. The molecule has 0 saturated heterocycles. The van der Waals surface area contributed by atoms with Crippen molar-refractivity contribution in [2.24, 2.45) is 5.73 Å². The van der Waals surface area contributed by atoms with Gasteiger partial charge in [0.25, 0.3) is 0 Å². The molecule has 1 rings (SSSR count). The van der Waals surface area contributed by atoms with Crippen LogP contribution in [0.4, 0.5) is 9.18 Å². The maximum absolute atomic E-state index is 13.2. The monoisotopic (exact) mass is 279 g/mol. The van der Waals surface area contributed by atoms with E-state index in [9.17, 15) is 9.18 Å². The highest BCUT2D eigenvalue weighted by Gasteiger charge is 2.17. The van der Waals surface area contributed by atoms with E-state index in [-0.39, 0.29) is 12.1 Å². The van der Waals surface area contributed by atoms with E-state index in [1.165, 1.54) is 18.2 Å². The van der Waals surface area contributed by atoms with Crippen LogP contribution in [0.5, 0.6) is 0 Å². The molecule has 20 heavy (non-hydrogen) atoms. The Morgan fingerprint density at radius 2 is 2.20 bits per heavy atom. The summed E-state index contributed by atoms with van der Waals surface area (Å²) in [7, 11) is 0. The zero-order valence-electron chi connectivity index (χ0n) is 11.7. The van der Waals surface area contributed by atoms with Crippen molar-refractivity contribution in [3.63, 3.8) is 0 Å². The fourth-order valence-electron chi connectivity index (χ4n) is 1.48. The van der Waals surface area contributed by atoms with Gasteiger partial charge in [-0.05, 0) is 38.5 Å². The third-order valence-electron chi connectivity index (χ3n) is 2.40. The van der Waals surface area contributed by atoms with E-state index >= 15 is 0 Å². The number of carbonyl (C=O) groups is 1. The van der Waals surface area contributed by atoms with Crippen molar-refractivity contribution in [3.8, 4) is 6.07 Å². The fourth-order valence-corrected chi connectivity index (χ4v) is 1.48. The second kappa shape index (κ2) is 6.35. The molecular formula is C14H18FN3O2. The Morgan fingerprint density at radius 1 is 1.55 bits per heavy atom. The summed E-state index contributed by atoms with van der Waals surface area (Å²) in [5, 5.41) is 11.3. The van der Waals surface area contributed by atoms with E-state index in [4.69, 9.17) is 15.7 Å². The van der Waals surface area contributed by atoms with Gasteiger partial charge in [0.15, 0.2) is 0 Å². The molecule has 0 bridgehead atoms. The first-order valence-corrected chi connectivity index (χ1v) is 6.15. The van der Waals surface area contributed by atoms with Crippen LogP contribution in [0.25, 0.3) is 0 Å². The van der Waals surface area contributed by atoms with Gasteiger partial charge < -0.3 is 15.8 Å². The lowest BCUT2D eigenvalue weighted by atomic mass is 10.0. The molecule has 0 aliphatic rings. The van der Waals surface area contributed by atoms with Gasteiger partial charge in [0.05, 0.1) is 5.56 Å². The number of carbonyl (C=O) groups excluding carboxylic acids is 1. The highest BCUT2D eigenvalue weighted by atomic mass is 19.1. The number of nitriles is 1. The first-order valence-electron chi connectivity index (χ1n) is 6.15. The highest BCUT2D eigenvalue weighted by Crippen LogP contribution is 2.15. The van der Waals surface area contributed by atoms with Gasteiger partial charge in [0, 0.05) is 12.6 Å². The third kappa shape index (κ3) is 4.86. The number of halogens is 1. The molecule has 5 nitrogen and oxygen atoms in total. The van der Waals surface area contributed by atoms with Gasteiger partial charge in [-0.25, -0.2) is 9.18 Å². The molecule has 0 fully saturated rings. The Morgan fingerprint density at radius 3 is 2.75 bits per heavy atom.